The van der Waals surface area contributed by atoms with Gasteiger partial charge < -0.3 is 15.2 Å². The third-order valence-electron chi connectivity index (χ3n) is 1.77. The van der Waals surface area contributed by atoms with Crippen molar-refractivity contribution in [1.29, 1.82) is 0 Å². The van der Waals surface area contributed by atoms with Gasteiger partial charge in [-0.3, -0.25) is 4.79 Å². The van der Waals surface area contributed by atoms with Gasteiger partial charge in [-0.15, -0.1) is 0 Å². The first-order valence-electron chi connectivity index (χ1n) is 4.16. The SMILES string of the molecule is O=C(O)Cc1cc(C(F)F)nc([N+](=O)[O-])c1F. The van der Waals surface area contributed by atoms with E-state index in [-0.39, 0.29) is 0 Å². The second kappa shape index (κ2) is 4.76. The van der Waals surface area contributed by atoms with Gasteiger partial charge in [-0.25, -0.2) is 8.78 Å². The van der Waals surface area contributed by atoms with Crippen molar-refractivity contribution in [1.82, 2.24) is 4.98 Å². The summed E-state index contributed by atoms with van der Waals surface area (Å²) in [5, 5.41) is 18.8. The molecule has 9 heteroatoms. The first kappa shape index (κ1) is 12.9. The number of carbonyl (C=O) groups is 1. The Morgan fingerprint density at radius 1 is 1.59 bits per heavy atom. The van der Waals surface area contributed by atoms with Crippen LogP contribution in [-0.2, 0) is 11.2 Å². The molecular formula is C8H5F3N2O4. The molecule has 0 aliphatic rings. The van der Waals surface area contributed by atoms with Crippen LogP contribution >= 0.6 is 0 Å². The van der Waals surface area contributed by atoms with Crippen LogP contribution in [0.4, 0.5) is 19.0 Å². The predicted octanol–water partition coefficient (Wildman–Crippen LogP) is 1.69. The van der Waals surface area contributed by atoms with Crippen LogP contribution in [0.15, 0.2) is 6.07 Å². The van der Waals surface area contributed by atoms with E-state index in [1.165, 1.54) is 0 Å². The summed E-state index contributed by atoms with van der Waals surface area (Å²) in [6.45, 7) is 0. The molecule has 17 heavy (non-hydrogen) atoms. The Labute approximate surface area is 91.9 Å². The molecule has 0 amide bonds. The minimum absolute atomic E-state index is 0.501. The molecule has 0 aromatic carbocycles. The van der Waals surface area contributed by atoms with Gasteiger partial charge in [0.25, 0.3) is 0 Å². The highest BCUT2D eigenvalue weighted by molar-refractivity contribution is 5.70. The van der Waals surface area contributed by atoms with Crippen molar-refractivity contribution in [2.24, 2.45) is 0 Å². The largest absolute Gasteiger partial charge is 0.481 e. The first-order chi connectivity index (χ1) is 7.82. The Morgan fingerprint density at radius 2 is 2.18 bits per heavy atom. The monoisotopic (exact) mass is 250 g/mol. The lowest BCUT2D eigenvalue weighted by Gasteiger charge is -2.02. The molecule has 1 aromatic rings. The fourth-order valence-electron chi connectivity index (χ4n) is 1.11. The van der Waals surface area contributed by atoms with Crippen LogP contribution in [0.5, 0.6) is 0 Å². The van der Waals surface area contributed by atoms with E-state index in [1.807, 2.05) is 0 Å². The molecule has 0 saturated heterocycles. The molecule has 0 atom stereocenters. The number of hydrogen-bond acceptors (Lipinski definition) is 4. The highest BCUT2D eigenvalue weighted by atomic mass is 19.3. The molecule has 1 N–H and O–H groups in total. The molecule has 0 spiro atoms. The number of nitro groups is 1. The van der Waals surface area contributed by atoms with Crippen molar-refractivity contribution in [2.45, 2.75) is 12.8 Å². The first-order valence-corrected chi connectivity index (χ1v) is 4.16. The number of aliphatic carboxylic acids is 1. The lowest BCUT2D eigenvalue weighted by Crippen LogP contribution is -2.08. The average molecular weight is 250 g/mol. The third-order valence-corrected chi connectivity index (χ3v) is 1.77. The van der Waals surface area contributed by atoms with Crippen LogP contribution < -0.4 is 0 Å². The average Bonchev–Trinajstić information content (AvgIpc) is 2.19. The molecule has 1 aromatic heterocycles. The van der Waals surface area contributed by atoms with Gasteiger partial charge in [0.2, 0.25) is 11.5 Å². The van der Waals surface area contributed by atoms with E-state index in [4.69, 9.17) is 5.11 Å². The maximum atomic E-state index is 13.3. The highest BCUT2D eigenvalue weighted by Crippen LogP contribution is 2.25. The molecule has 0 radical (unpaired) electrons. The fraction of sp³-hybridized carbons (Fsp3) is 0.250. The molecule has 0 aliphatic carbocycles. The summed E-state index contributed by atoms with van der Waals surface area (Å²) in [4.78, 5) is 22.2. The molecule has 1 rings (SSSR count). The topological polar surface area (TPSA) is 93.3 Å². The predicted molar refractivity (Wildman–Crippen MR) is 47.1 cm³/mol. The summed E-state index contributed by atoms with van der Waals surface area (Å²) in [6, 6.07) is 0.501. The van der Waals surface area contributed by atoms with Gasteiger partial charge >= 0.3 is 18.2 Å². The van der Waals surface area contributed by atoms with Gasteiger partial charge in [0.05, 0.1) is 6.42 Å². The summed E-state index contributed by atoms with van der Waals surface area (Å²) in [5.41, 5.74) is -1.73. The maximum absolute atomic E-state index is 13.3. The normalized spacial score (nSPS) is 10.6. The Morgan fingerprint density at radius 3 is 2.59 bits per heavy atom. The summed E-state index contributed by atoms with van der Waals surface area (Å²) >= 11 is 0. The summed E-state index contributed by atoms with van der Waals surface area (Å²) in [6.07, 6.45) is -4.09. The van der Waals surface area contributed by atoms with Crippen LogP contribution in [-0.4, -0.2) is 21.0 Å². The molecule has 0 fully saturated rings. The van der Waals surface area contributed by atoms with Crippen molar-refractivity contribution in [3.05, 3.63) is 33.3 Å². The third kappa shape index (κ3) is 2.89. The number of pyridine rings is 1. The van der Waals surface area contributed by atoms with Crippen molar-refractivity contribution < 1.29 is 28.0 Å². The lowest BCUT2D eigenvalue weighted by molar-refractivity contribution is -0.392. The number of carboxylic acids is 1. The minimum atomic E-state index is -3.15. The number of nitrogens with zero attached hydrogens (tertiary/aromatic N) is 2. The van der Waals surface area contributed by atoms with Crippen LogP contribution in [0, 0.1) is 15.9 Å². The van der Waals surface area contributed by atoms with E-state index in [0.717, 1.165) is 0 Å². The smallest absolute Gasteiger partial charge is 0.400 e. The van der Waals surface area contributed by atoms with E-state index in [9.17, 15) is 28.1 Å². The quantitative estimate of drug-likeness (QED) is 0.648. The van der Waals surface area contributed by atoms with Gasteiger partial charge in [0.1, 0.15) is 0 Å². The number of hydrogen-bond donors (Lipinski definition) is 1. The van der Waals surface area contributed by atoms with E-state index in [2.05, 4.69) is 4.98 Å². The van der Waals surface area contributed by atoms with E-state index < -0.39 is 46.6 Å². The summed E-state index contributed by atoms with van der Waals surface area (Å²) < 4.78 is 37.9. The van der Waals surface area contributed by atoms with Gasteiger partial charge in [-0.05, 0) is 16.0 Å². The van der Waals surface area contributed by atoms with Crippen LogP contribution in [0.1, 0.15) is 17.7 Å². The molecule has 0 aliphatic heterocycles. The van der Waals surface area contributed by atoms with E-state index in [1.54, 1.807) is 0 Å². The van der Waals surface area contributed by atoms with Crippen LogP contribution in [0.2, 0.25) is 0 Å². The zero-order valence-electron chi connectivity index (χ0n) is 8.06. The Bertz CT molecular complexity index is 478. The Hall–Kier alpha value is -2.19. The van der Waals surface area contributed by atoms with Crippen molar-refractivity contribution in [3.63, 3.8) is 0 Å². The second-order valence-corrected chi connectivity index (χ2v) is 2.97. The zero-order chi connectivity index (χ0) is 13.2. The minimum Gasteiger partial charge on any atom is -0.481 e. The summed E-state index contributed by atoms with van der Waals surface area (Å²) in [7, 11) is 0. The highest BCUT2D eigenvalue weighted by Gasteiger charge is 2.27. The molecule has 6 nitrogen and oxygen atoms in total. The molecule has 0 bridgehead atoms. The van der Waals surface area contributed by atoms with Crippen molar-refractivity contribution in [3.8, 4) is 0 Å². The second-order valence-electron chi connectivity index (χ2n) is 2.97. The number of rotatable bonds is 4. The fourth-order valence-corrected chi connectivity index (χ4v) is 1.11. The number of aromatic nitrogens is 1. The van der Waals surface area contributed by atoms with Gasteiger partial charge in [0, 0.05) is 5.56 Å². The Kier molecular flexibility index (Phi) is 3.61. The Balaban J connectivity index is 3.37. The number of carboxylic acid groups (broad SMARTS) is 1. The standard InChI is InChI=1S/C8H5F3N2O4/c9-6-3(2-5(14)15)1-4(7(10)11)12-8(6)13(16)17/h1,7H,2H2,(H,14,15). The lowest BCUT2D eigenvalue weighted by atomic mass is 10.1. The number of alkyl halides is 2. The van der Waals surface area contributed by atoms with Gasteiger partial charge in [-0.2, -0.15) is 4.39 Å². The maximum Gasteiger partial charge on any atom is 0.400 e. The van der Waals surface area contributed by atoms with Crippen LogP contribution in [0.3, 0.4) is 0 Å². The number of halogens is 3. The van der Waals surface area contributed by atoms with Crippen LogP contribution in [0.25, 0.3) is 0 Å². The van der Waals surface area contributed by atoms with E-state index in [0.29, 0.717) is 6.07 Å². The zero-order valence-corrected chi connectivity index (χ0v) is 8.06. The van der Waals surface area contributed by atoms with Crippen molar-refractivity contribution >= 4 is 11.8 Å². The van der Waals surface area contributed by atoms with Crippen molar-refractivity contribution in [2.75, 3.05) is 0 Å². The van der Waals surface area contributed by atoms with Gasteiger partial charge in [-0.1, -0.05) is 0 Å². The van der Waals surface area contributed by atoms with Gasteiger partial charge in [0.15, 0.2) is 0 Å². The molecule has 1 heterocycles. The molecule has 0 unspecified atom stereocenters. The van der Waals surface area contributed by atoms with E-state index >= 15 is 0 Å². The summed E-state index contributed by atoms with van der Waals surface area (Å²) in [5.74, 6) is -4.41. The molecule has 92 valence electrons. The molecule has 0 saturated carbocycles. The molecular weight excluding hydrogens is 245 g/mol.